The number of aromatic nitrogens is 6. The van der Waals surface area contributed by atoms with Crippen LogP contribution in [0, 0.1) is 0 Å². The number of hydrogen-bond donors (Lipinski definition) is 0. The van der Waals surface area contributed by atoms with Crippen molar-refractivity contribution >= 4 is 98.3 Å². The summed E-state index contributed by atoms with van der Waals surface area (Å²) in [6, 6.07) is 108. The Kier molecular flexibility index (Phi) is 10.4. The second-order valence-electron chi connectivity index (χ2n) is 22.5. The molecule has 0 atom stereocenters. The zero-order valence-corrected chi connectivity index (χ0v) is 46.5. The Morgan fingerprint density at radius 1 is 0.163 bits per heavy atom. The highest BCUT2D eigenvalue weighted by Crippen LogP contribution is 2.41. The second-order valence-corrected chi connectivity index (χ2v) is 22.5. The summed E-state index contributed by atoms with van der Waals surface area (Å²) in [6.07, 6.45) is 0. The molecule has 0 aliphatic rings. The molecule has 0 unspecified atom stereocenters. The zero-order valence-electron chi connectivity index (χ0n) is 46.5. The highest BCUT2D eigenvalue weighted by Gasteiger charge is 2.22. The summed E-state index contributed by atoms with van der Waals surface area (Å²) in [7, 11) is 0. The number of imidazole rings is 1. The lowest BCUT2D eigenvalue weighted by atomic mass is 10.0. The van der Waals surface area contributed by atoms with Crippen LogP contribution in [0.25, 0.3) is 155 Å². The van der Waals surface area contributed by atoms with Crippen LogP contribution in [0.5, 0.6) is 0 Å². The van der Waals surface area contributed by atoms with Crippen molar-refractivity contribution in [1.29, 1.82) is 0 Å². The first-order valence-electron chi connectivity index (χ1n) is 29.3. The standard InChI is InChI=1S/C79H50N6O/c86-79-84(55-41-37-51(38-42-55)53-45-57(80-69-27-9-1-19-61(69)62-20-2-10-28-70(62)80)49-58(46-53)81-71-29-11-3-21-63(71)64-22-4-12-30-72(64)81)77-35-17-18-36-78(77)85(79)56-43-39-52(40-44-56)54-47-59(82-73-31-13-5-23-65(73)66-24-6-14-32-74(66)82)50-60(48-54)83-75-33-15-7-25-67(75)68-26-8-16-34-76(68)83/h1-50H. The van der Waals surface area contributed by atoms with E-state index in [1.807, 2.05) is 33.4 Å². The first-order chi connectivity index (χ1) is 42.6. The lowest BCUT2D eigenvalue weighted by Crippen LogP contribution is -2.22. The Balaban J connectivity index is 0.763. The first kappa shape index (κ1) is 47.9. The summed E-state index contributed by atoms with van der Waals surface area (Å²) in [5.74, 6) is 0. The van der Waals surface area contributed by atoms with Crippen LogP contribution in [-0.2, 0) is 0 Å². The van der Waals surface area contributed by atoms with E-state index in [2.05, 4.69) is 297 Å². The van der Waals surface area contributed by atoms with Crippen LogP contribution in [0.2, 0.25) is 0 Å². The SMILES string of the molecule is O=c1n(-c2ccc(-c3cc(-n4c5ccccc5c5ccccc54)cc(-n4c5ccccc5c5ccccc54)c3)cc2)c2ccccc2n1-c1ccc(-c2cc(-n3c4ccccc4c4ccccc43)cc(-n3c4ccccc4c4ccccc43)c2)cc1. The van der Waals surface area contributed by atoms with Crippen molar-refractivity contribution in [2.24, 2.45) is 0 Å². The van der Waals surface area contributed by atoms with E-state index in [0.717, 1.165) is 112 Å². The molecule has 0 fully saturated rings. The number of benzene rings is 13. The Labute approximate surface area is 493 Å². The van der Waals surface area contributed by atoms with Crippen molar-refractivity contribution in [2.75, 3.05) is 0 Å². The molecule has 5 heterocycles. The van der Waals surface area contributed by atoms with Crippen LogP contribution in [0.3, 0.4) is 0 Å². The fourth-order valence-electron chi connectivity index (χ4n) is 14.1. The molecule has 7 nitrogen and oxygen atoms in total. The van der Waals surface area contributed by atoms with Crippen LogP contribution in [0.4, 0.5) is 0 Å². The normalized spacial score (nSPS) is 12.0. The van der Waals surface area contributed by atoms with Crippen molar-refractivity contribution in [3.8, 4) is 56.4 Å². The van der Waals surface area contributed by atoms with Crippen LogP contribution < -0.4 is 5.69 Å². The molecule has 0 aliphatic heterocycles. The third kappa shape index (κ3) is 7.12. The summed E-state index contributed by atoms with van der Waals surface area (Å²) in [6.45, 7) is 0. The van der Waals surface area contributed by atoms with E-state index in [9.17, 15) is 0 Å². The Morgan fingerprint density at radius 3 is 0.581 bits per heavy atom. The van der Waals surface area contributed by atoms with E-state index in [-0.39, 0.29) is 5.69 Å². The van der Waals surface area contributed by atoms with Gasteiger partial charge < -0.3 is 18.3 Å². The number of para-hydroxylation sites is 10. The Morgan fingerprint density at radius 2 is 0.360 bits per heavy atom. The average Bonchev–Trinajstić information content (AvgIpc) is 3.17. The maximum absolute atomic E-state index is 15.3. The van der Waals surface area contributed by atoms with Gasteiger partial charge in [0.15, 0.2) is 0 Å². The zero-order chi connectivity index (χ0) is 56.6. The van der Waals surface area contributed by atoms with E-state index in [1.54, 1.807) is 0 Å². The van der Waals surface area contributed by atoms with Gasteiger partial charge in [0.1, 0.15) is 0 Å². The van der Waals surface area contributed by atoms with Gasteiger partial charge in [-0.2, -0.15) is 0 Å². The topological polar surface area (TPSA) is 46.6 Å². The minimum atomic E-state index is -0.143. The molecule has 0 spiro atoms. The summed E-state index contributed by atoms with van der Waals surface area (Å²) < 4.78 is 13.3. The minimum Gasteiger partial charge on any atom is -0.309 e. The number of rotatable bonds is 8. The molecule has 7 heteroatoms. The van der Waals surface area contributed by atoms with Gasteiger partial charge >= 0.3 is 5.69 Å². The minimum absolute atomic E-state index is 0.143. The van der Waals surface area contributed by atoms with Gasteiger partial charge in [-0.3, -0.25) is 9.13 Å². The summed E-state index contributed by atoms with van der Waals surface area (Å²) in [5, 5.41) is 9.69. The van der Waals surface area contributed by atoms with Gasteiger partial charge in [-0.15, -0.1) is 0 Å². The molecule has 0 aliphatic carbocycles. The fourth-order valence-corrected chi connectivity index (χ4v) is 14.1. The van der Waals surface area contributed by atoms with Crippen molar-refractivity contribution in [2.45, 2.75) is 0 Å². The Bertz CT molecular complexity index is 5030. The first-order valence-corrected chi connectivity index (χ1v) is 29.3. The molecule has 18 rings (SSSR count). The van der Waals surface area contributed by atoms with Crippen molar-refractivity contribution in [3.05, 3.63) is 314 Å². The number of hydrogen-bond acceptors (Lipinski definition) is 1. The predicted molar refractivity (Wildman–Crippen MR) is 357 cm³/mol. The van der Waals surface area contributed by atoms with Gasteiger partial charge in [0.2, 0.25) is 0 Å². The van der Waals surface area contributed by atoms with E-state index < -0.39 is 0 Å². The average molecular weight is 1100 g/mol. The molecule has 0 saturated carbocycles. The summed E-state index contributed by atoms with van der Waals surface area (Å²) >= 11 is 0. The molecule has 0 saturated heterocycles. The highest BCUT2D eigenvalue weighted by molar-refractivity contribution is 6.13. The van der Waals surface area contributed by atoms with Gasteiger partial charge in [-0.25, -0.2) is 4.79 Å². The molecule has 0 amide bonds. The lowest BCUT2D eigenvalue weighted by molar-refractivity contribution is 0.931. The Hall–Kier alpha value is -11.7. The van der Waals surface area contributed by atoms with Gasteiger partial charge in [0.25, 0.3) is 0 Å². The predicted octanol–water partition coefficient (Wildman–Crippen LogP) is 19.5. The summed E-state index contributed by atoms with van der Waals surface area (Å²) in [4.78, 5) is 15.3. The molecular formula is C79H50N6O. The molecule has 86 heavy (non-hydrogen) atoms. The monoisotopic (exact) mass is 1100 g/mol. The second kappa shape index (κ2) is 18.7. The molecule has 0 N–H and O–H groups in total. The number of nitrogens with zero attached hydrogens (tertiary/aromatic N) is 6. The molecule has 0 radical (unpaired) electrons. The molecule has 0 bridgehead atoms. The smallest absolute Gasteiger partial charge is 0.309 e. The van der Waals surface area contributed by atoms with Gasteiger partial charge in [0, 0.05) is 65.8 Å². The van der Waals surface area contributed by atoms with Crippen molar-refractivity contribution < 1.29 is 0 Å². The van der Waals surface area contributed by atoms with Crippen LogP contribution in [-0.4, -0.2) is 27.4 Å². The van der Waals surface area contributed by atoms with Gasteiger partial charge in [0.05, 0.1) is 66.5 Å². The molecule has 5 aromatic heterocycles. The van der Waals surface area contributed by atoms with Crippen molar-refractivity contribution in [3.63, 3.8) is 0 Å². The highest BCUT2D eigenvalue weighted by atomic mass is 16.1. The van der Waals surface area contributed by atoms with Crippen molar-refractivity contribution in [1.82, 2.24) is 27.4 Å². The van der Waals surface area contributed by atoms with Crippen LogP contribution in [0.1, 0.15) is 0 Å². The summed E-state index contributed by atoms with van der Waals surface area (Å²) in [5.41, 5.74) is 20.7. The van der Waals surface area contributed by atoms with Gasteiger partial charge in [-0.1, -0.05) is 182 Å². The largest absolute Gasteiger partial charge is 0.338 e. The fraction of sp³-hybridized carbons (Fsp3) is 0. The lowest BCUT2D eigenvalue weighted by Gasteiger charge is -2.16. The maximum Gasteiger partial charge on any atom is 0.338 e. The van der Waals surface area contributed by atoms with E-state index >= 15 is 4.79 Å². The molecular weight excluding hydrogens is 1050 g/mol. The van der Waals surface area contributed by atoms with E-state index in [1.165, 1.54) is 43.1 Å². The molecule has 13 aromatic carbocycles. The number of fused-ring (bicyclic) bond motifs is 13. The van der Waals surface area contributed by atoms with Gasteiger partial charge in [-0.05, 0) is 144 Å². The third-order valence-electron chi connectivity index (χ3n) is 17.8. The molecule has 18 aromatic rings. The van der Waals surface area contributed by atoms with Crippen LogP contribution in [0.15, 0.2) is 308 Å². The quantitative estimate of drug-likeness (QED) is 0.150. The van der Waals surface area contributed by atoms with E-state index in [0.29, 0.717) is 0 Å². The molecule has 402 valence electrons. The third-order valence-corrected chi connectivity index (χ3v) is 17.8. The van der Waals surface area contributed by atoms with Crippen LogP contribution >= 0.6 is 0 Å². The van der Waals surface area contributed by atoms with E-state index in [4.69, 9.17) is 0 Å². The maximum atomic E-state index is 15.3.